The molecule has 0 radical (unpaired) electrons. The van der Waals surface area contributed by atoms with Crippen LogP contribution in [0.15, 0.2) is 35.6 Å². The van der Waals surface area contributed by atoms with E-state index >= 15 is 0 Å². The molecule has 0 amide bonds. The molecule has 0 unspecified atom stereocenters. The van der Waals surface area contributed by atoms with Crippen LogP contribution in [0, 0.1) is 6.92 Å². The first-order valence-corrected chi connectivity index (χ1v) is 8.12. The Kier molecular flexibility index (Phi) is 4.94. The van der Waals surface area contributed by atoms with Gasteiger partial charge in [0.05, 0.1) is 5.57 Å². The topological polar surface area (TPSA) is 46.5 Å². The van der Waals surface area contributed by atoms with E-state index in [2.05, 4.69) is 13.0 Å². The average molecular weight is 302 g/mol. The van der Waals surface area contributed by atoms with Gasteiger partial charge in [-0.15, -0.1) is 0 Å². The quantitative estimate of drug-likeness (QED) is 0.794. The van der Waals surface area contributed by atoms with Crippen LogP contribution in [0.3, 0.4) is 0 Å². The summed E-state index contributed by atoms with van der Waals surface area (Å²) in [6, 6.07) is 8.10. The molecule has 1 aromatic carbocycles. The zero-order valence-corrected chi connectivity index (χ0v) is 14.0. The van der Waals surface area contributed by atoms with Crippen molar-refractivity contribution >= 4 is 5.97 Å². The van der Waals surface area contributed by atoms with Gasteiger partial charge in [0.1, 0.15) is 11.4 Å². The molecular formula is C19H26O3. The van der Waals surface area contributed by atoms with Crippen LogP contribution in [0.5, 0.6) is 0 Å². The highest BCUT2D eigenvalue weighted by Crippen LogP contribution is 2.39. The molecule has 3 nitrogen and oxygen atoms in total. The molecule has 1 aromatic rings. The maximum Gasteiger partial charge on any atom is 0.338 e. The van der Waals surface area contributed by atoms with Crippen LogP contribution >= 0.6 is 0 Å². The normalized spacial score (nSPS) is 23.4. The fraction of sp³-hybridized carbons (Fsp3) is 0.526. The van der Waals surface area contributed by atoms with Crippen LogP contribution < -0.4 is 0 Å². The van der Waals surface area contributed by atoms with Crippen molar-refractivity contribution in [1.29, 1.82) is 0 Å². The second-order valence-electron chi connectivity index (χ2n) is 6.50. The Bertz CT molecular complexity index is 588. The van der Waals surface area contributed by atoms with E-state index in [0.717, 1.165) is 30.4 Å². The Labute approximate surface area is 133 Å². The van der Waals surface area contributed by atoms with Crippen molar-refractivity contribution in [1.82, 2.24) is 0 Å². The summed E-state index contributed by atoms with van der Waals surface area (Å²) in [4.78, 5) is 12.5. The number of aliphatic hydroxyl groups excluding tert-OH is 1. The smallest absolute Gasteiger partial charge is 0.338 e. The van der Waals surface area contributed by atoms with Gasteiger partial charge in [-0.3, -0.25) is 0 Å². The maximum atomic E-state index is 12.5. The van der Waals surface area contributed by atoms with E-state index in [1.165, 1.54) is 0 Å². The van der Waals surface area contributed by atoms with E-state index in [1.54, 1.807) is 0 Å². The van der Waals surface area contributed by atoms with Crippen molar-refractivity contribution in [3.8, 4) is 0 Å². The fourth-order valence-corrected chi connectivity index (χ4v) is 3.39. The highest BCUT2D eigenvalue weighted by molar-refractivity contribution is 5.92. The number of hydrogen-bond acceptors (Lipinski definition) is 3. The summed E-state index contributed by atoms with van der Waals surface area (Å²) in [6.45, 7) is 8.01. The summed E-state index contributed by atoms with van der Waals surface area (Å²) < 4.78 is 5.67. The number of aryl methyl sites for hydroxylation is 1. The molecule has 0 bridgehead atoms. The lowest BCUT2D eigenvalue weighted by molar-refractivity contribution is -0.158. The molecule has 0 aliphatic carbocycles. The van der Waals surface area contributed by atoms with Crippen molar-refractivity contribution < 1.29 is 14.6 Å². The van der Waals surface area contributed by atoms with Crippen molar-refractivity contribution in [2.45, 2.75) is 64.9 Å². The molecule has 0 saturated carbocycles. The molecule has 0 fully saturated rings. The first-order chi connectivity index (χ1) is 10.4. The molecule has 0 saturated heterocycles. The summed E-state index contributed by atoms with van der Waals surface area (Å²) in [5, 5.41) is 10.5. The van der Waals surface area contributed by atoms with E-state index in [9.17, 15) is 9.90 Å². The molecule has 22 heavy (non-hydrogen) atoms. The number of carbonyl (C=O) groups excluding carboxylic acids is 1. The molecule has 2 rings (SSSR count). The number of ether oxygens (including phenoxy) is 1. The zero-order valence-electron chi connectivity index (χ0n) is 14.0. The zero-order chi connectivity index (χ0) is 16.3. The summed E-state index contributed by atoms with van der Waals surface area (Å²) in [7, 11) is 0. The van der Waals surface area contributed by atoms with Crippen LogP contribution in [0.1, 0.15) is 63.5 Å². The Hall–Kier alpha value is -1.77. The van der Waals surface area contributed by atoms with Gasteiger partial charge in [-0.25, -0.2) is 4.79 Å². The number of rotatable bonds is 5. The minimum Gasteiger partial charge on any atom is -0.512 e. The molecule has 1 heterocycles. The lowest BCUT2D eigenvalue weighted by Gasteiger charge is -2.35. The van der Waals surface area contributed by atoms with Gasteiger partial charge < -0.3 is 9.84 Å². The number of aliphatic hydroxyl groups is 1. The second kappa shape index (κ2) is 6.55. The highest BCUT2D eigenvalue weighted by Gasteiger charge is 2.40. The summed E-state index contributed by atoms with van der Waals surface area (Å²) >= 11 is 0. The summed E-state index contributed by atoms with van der Waals surface area (Å²) in [5.74, 6) is -0.285. The summed E-state index contributed by atoms with van der Waals surface area (Å²) in [5.41, 5.74) is 2.06. The third-order valence-electron chi connectivity index (χ3n) is 4.39. The predicted molar refractivity (Wildman–Crippen MR) is 87.9 cm³/mol. The molecule has 0 aromatic heterocycles. The minimum atomic E-state index is -0.579. The number of esters is 1. The molecule has 120 valence electrons. The largest absolute Gasteiger partial charge is 0.512 e. The standard InChI is InChI=1S/C19H26O3/c1-5-10-19(4)12-16(20)17(18(21)22-19)15(6-2)14-9-7-8-13(3)11-14/h7-9,11,15,20H,5-6,10,12H2,1-4H3/t15-,19+/m0/s1. The maximum absolute atomic E-state index is 12.5. The molecule has 1 aliphatic rings. The lowest BCUT2D eigenvalue weighted by atomic mass is 9.82. The highest BCUT2D eigenvalue weighted by atomic mass is 16.6. The van der Waals surface area contributed by atoms with E-state index in [4.69, 9.17) is 4.74 Å². The first kappa shape index (κ1) is 16.6. The van der Waals surface area contributed by atoms with Gasteiger partial charge in [0.15, 0.2) is 0 Å². The number of carbonyl (C=O) groups is 1. The molecule has 0 spiro atoms. The van der Waals surface area contributed by atoms with Crippen molar-refractivity contribution in [3.63, 3.8) is 0 Å². The van der Waals surface area contributed by atoms with Gasteiger partial charge in [-0.2, -0.15) is 0 Å². The van der Waals surface area contributed by atoms with Crippen LogP contribution in [-0.4, -0.2) is 16.7 Å². The van der Waals surface area contributed by atoms with Gasteiger partial charge in [-0.05, 0) is 32.3 Å². The SMILES string of the molecule is CCC[C@]1(C)CC(O)=C([C@@H](CC)c2cccc(C)c2)C(=O)O1. The minimum absolute atomic E-state index is 0.112. The number of hydrogen-bond donors (Lipinski definition) is 1. The van der Waals surface area contributed by atoms with E-state index in [1.807, 2.05) is 39.0 Å². The Morgan fingerprint density at radius 1 is 1.36 bits per heavy atom. The molecule has 2 atom stereocenters. The van der Waals surface area contributed by atoms with Crippen LogP contribution in [0.25, 0.3) is 0 Å². The van der Waals surface area contributed by atoms with Crippen LogP contribution in [0.2, 0.25) is 0 Å². The van der Waals surface area contributed by atoms with Gasteiger partial charge in [0.2, 0.25) is 0 Å². The second-order valence-corrected chi connectivity index (χ2v) is 6.50. The third-order valence-corrected chi connectivity index (χ3v) is 4.39. The summed E-state index contributed by atoms with van der Waals surface area (Å²) in [6.07, 6.45) is 2.84. The van der Waals surface area contributed by atoms with Gasteiger partial charge in [-0.1, -0.05) is 50.1 Å². The molecule has 3 heteroatoms. The van der Waals surface area contributed by atoms with Crippen molar-refractivity contribution in [2.24, 2.45) is 0 Å². The van der Waals surface area contributed by atoms with Crippen LogP contribution in [0.4, 0.5) is 0 Å². The Balaban J connectivity index is 2.38. The number of cyclic esters (lactones) is 1. The number of benzene rings is 1. The van der Waals surface area contributed by atoms with Gasteiger partial charge in [0.25, 0.3) is 0 Å². The van der Waals surface area contributed by atoms with Crippen LogP contribution in [-0.2, 0) is 9.53 Å². The van der Waals surface area contributed by atoms with E-state index in [0.29, 0.717) is 12.0 Å². The monoisotopic (exact) mass is 302 g/mol. The molecule has 1 aliphatic heterocycles. The first-order valence-electron chi connectivity index (χ1n) is 8.12. The Morgan fingerprint density at radius 2 is 2.09 bits per heavy atom. The molecular weight excluding hydrogens is 276 g/mol. The van der Waals surface area contributed by atoms with Crippen molar-refractivity contribution in [3.05, 3.63) is 46.7 Å². The average Bonchev–Trinajstić information content (AvgIpc) is 2.42. The molecule has 1 N–H and O–H groups in total. The lowest BCUT2D eigenvalue weighted by Crippen LogP contribution is -2.38. The van der Waals surface area contributed by atoms with Gasteiger partial charge in [0, 0.05) is 12.3 Å². The Morgan fingerprint density at radius 3 is 2.64 bits per heavy atom. The van der Waals surface area contributed by atoms with Crippen molar-refractivity contribution in [2.75, 3.05) is 0 Å². The third kappa shape index (κ3) is 3.34. The van der Waals surface area contributed by atoms with E-state index < -0.39 is 5.60 Å². The fourth-order valence-electron chi connectivity index (χ4n) is 3.39. The van der Waals surface area contributed by atoms with E-state index in [-0.39, 0.29) is 17.6 Å². The van der Waals surface area contributed by atoms with Gasteiger partial charge >= 0.3 is 5.97 Å². The predicted octanol–water partition coefficient (Wildman–Crippen LogP) is 4.81.